The highest BCUT2D eigenvalue weighted by Crippen LogP contribution is 2.26. The summed E-state index contributed by atoms with van der Waals surface area (Å²) in [4.78, 5) is 6.53. The summed E-state index contributed by atoms with van der Waals surface area (Å²) in [6, 6.07) is -0.0767. The molecule has 0 bridgehead atoms. The molecule has 0 fully saturated rings. The molecule has 0 spiro atoms. The summed E-state index contributed by atoms with van der Waals surface area (Å²) in [5, 5.41) is 8.31. The summed E-state index contributed by atoms with van der Waals surface area (Å²) in [7, 11) is 7.96. The van der Waals surface area contributed by atoms with Gasteiger partial charge in [0.25, 0.3) is 0 Å². The number of rotatable bonds is 6. The molecule has 0 saturated carbocycles. The molecule has 7 heteroatoms. The van der Waals surface area contributed by atoms with Gasteiger partial charge in [0.15, 0.2) is 0 Å². The van der Waals surface area contributed by atoms with E-state index in [2.05, 4.69) is 20.3 Å². The minimum atomic E-state index is -0.0767. The number of nitrogens with zero attached hydrogens (tertiary/aromatic N) is 5. The van der Waals surface area contributed by atoms with Gasteiger partial charge in [-0.1, -0.05) is 11.6 Å². The Morgan fingerprint density at radius 3 is 2.75 bits per heavy atom. The van der Waals surface area contributed by atoms with Crippen LogP contribution in [-0.2, 0) is 13.6 Å². The molecule has 110 valence electrons. The van der Waals surface area contributed by atoms with Crippen molar-refractivity contribution in [2.45, 2.75) is 12.6 Å². The van der Waals surface area contributed by atoms with Crippen LogP contribution in [0.1, 0.15) is 17.6 Å². The van der Waals surface area contributed by atoms with Crippen LogP contribution in [0.2, 0.25) is 5.02 Å². The quantitative estimate of drug-likeness (QED) is 0.868. The van der Waals surface area contributed by atoms with E-state index in [1.807, 2.05) is 43.6 Å². The van der Waals surface area contributed by atoms with Crippen molar-refractivity contribution in [2.24, 2.45) is 7.05 Å². The predicted molar refractivity (Wildman–Crippen MR) is 79.9 cm³/mol. The second-order valence-corrected chi connectivity index (χ2v) is 5.43. The molecular formula is C13H21ClN6. The molecule has 0 aromatic carbocycles. The monoisotopic (exact) mass is 296 g/mol. The Balaban J connectivity index is 2.34. The van der Waals surface area contributed by atoms with Gasteiger partial charge in [0.05, 0.1) is 23.5 Å². The predicted octanol–water partition coefficient (Wildman–Crippen LogP) is 1.14. The largest absolute Gasteiger partial charge is 0.336 e. The number of aryl methyl sites for hydroxylation is 1. The van der Waals surface area contributed by atoms with Crippen LogP contribution in [-0.4, -0.2) is 51.9 Å². The molecule has 1 unspecified atom stereocenters. The zero-order valence-corrected chi connectivity index (χ0v) is 13.1. The molecule has 2 heterocycles. The van der Waals surface area contributed by atoms with E-state index in [4.69, 9.17) is 11.6 Å². The highest BCUT2D eigenvalue weighted by molar-refractivity contribution is 6.31. The summed E-state index contributed by atoms with van der Waals surface area (Å²) in [6.07, 6.45) is 5.40. The van der Waals surface area contributed by atoms with Crippen LogP contribution in [0.3, 0.4) is 0 Å². The van der Waals surface area contributed by atoms with Crippen molar-refractivity contribution in [3.63, 3.8) is 0 Å². The van der Waals surface area contributed by atoms with Crippen LogP contribution in [0, 0.1) is 0 Å². The summed E-state index contributed by atoms with van der Waals surface area (Å²) >= 11 is 6.33. The highest BCUT2D eigenvalue weighted by atomic mass is 35.5. The van der Waals surface area contributed by atoms with Crippen molar-refractivity contribution in [1.29, 1.82) is 0 Å². The lowest BCUT2D eigenvalue weighted by Gasteiger charge is -2.19. The van der Waals surface area contributed by atoms with E-state index in [-0.39, 0.29) is 6.04 Å². The van der Waals surface area contributed by atoms with Gasteiger partial charge in [0.1, 0.15) is 11.9 Å². The zero-order chi connectivity index (χ0) is 14.7. The molecule has 1 N–H and O–H groups in total. The van der Waals surface area contributed by atoms with Crippen molar-refractivity contribution in [2.75, 3.05) is 27.7 Å². The van der Waals surface area contributed by atoms with Gasteiger partial charge in [0, 0.05) is 26.0 Å². The molecule has 2 aromatic heterocycles. The standard InChI is InChI=1S/C13H21ClN6/c1-15-11(13-16-5-6-19(13)4)12-10(14)9-17-20(12)8-7-18(2)3/h5-6,9,11,15H,7-8H2,1-4H3. The van der Waals surface area contributed by atoms with Crippen molar-refractivity contribution in [3.05, 3.63) is 35.1 Å². The fraction of sp³-hybridized carbons (Fsp3) is 0.538. The van der Waals surface area contributed by atoms with Crippen molar-refractivity contribution in [1.82, 2.24) is 29.5 Å². The Kier molecular flexibility index (Phi) is 4.80. The maximum Gasteiger partial charge on any atom is 0.131 e. The Bertz CT molecular complexity index is 559. The maximum atomic E-state index is 6.33. The van der Waals surface area contributed by atoms with Gasteiger partial charge in [-0.2, -0.15) is 5.10 Å². The molecule has 1 atom stereocenters. The van der Waals surface area contributed by atoms with E-state index < -0.39 is 0 Å². The minimum absolute atomic E-state index is 0.0767. The first-order valence-electron chi connectivity index (χ1n) is 6.55. The van der Waals surface area contributed by atoms with E-state index in [1.165, 1.54) is 0 Å². The maximum absolute atomic E-state index is 6.33. The van der Waals surface area contributed by atoms with Crippen LogP contribution in [0.5, 0.6) is 0 Å². The minimum Gasteiger partial charge on any atom is -0.336 e. The molecule has 0 saturated heterocycles. The highest BCUT2D eigenvalue weighted by Gasteiger charge is 2.23. The van der Waals surface area contributed by atoms with Crippen LogP contribution >= 0.6 is 11.6 Å². The van der Waals surface area contributed by atoms with Crippen LogP contribution in [0.15, 0.2) is 18.6 Å². The van der Waals surface area contributed by atoms with E-state index in [0.29, 0.717) is 5.02 Å². The molecule has 0 aliphatic carbocycles. The van der Waals surface area contributed by atoms with Crippen molar-refractivity contribution in [3.8, 4) is 0 Å². The number of halogens is 1. The lowest BCUT2D eigenvalue weighted by Crippen LogP contribution is -2.27. The Morgan fingerprint density at radius 1 is 1.45 bits per heavy atom. The van der Waals surface area contributed by atoms with E-state index >= 15 is 0 Å². The molecule has 20 heavy (non-hydrogen) atoms. The smallest absolute Gasteiger partial charge is 0.131 e. The second kappa shape index (κ2) is 6.39. The van der Waals surface area contributed by atoms with Gasteiger partial charge in [-0.05, 0) is 21.1 Å². The molecule has 2 aromatic rings. The van der Waals surface area contributed by atoms with Gasteiger partial charge >= 0.3 is 0 Å². The van der Waals surface area contributed by atoms with E-state index in [1.54, 1.807) is 12.4 Å². The summed E-state index contributed by atoms with van der Waals surface area (Å²) in [5.41, 5.74) is 0.949. The van der Waals surface area contributed by atoms with Crippen LogP contribution in [0.4, 0.5) is 0 Å². The Labute approximate surface area is 124 Å². The van der Waals surface area contributed by atoms with Gasteiger partial charge in [0.2, 0.25) is 0 Å². The number of nitrogens with one attached hydrogen (secondary N) is 1. The fourth-order valence-corrected chi connectivity index (χ4v) is 2.43. The lowest BCUT2D eigenvalue weighted by atomic mass is 10.2. The third-order valence-electron chi connectivity index (χ3n) is 3.27. The average molecular weight is 297 g/mol. The topological polar surface area (TPSA) is 50.9 Å². The fourth-order valence-electron chi connectivity index (χ4n) is 2.18. The Hall–Kier alpha value is -1.37. The lowest BCUT2D eigenvalue weighted by molar-refractivity contribution is 0.365. The first kappa shape index (κ1) is 15.0. The van der Waals surface area contributed by atoms with E-state index in [9.17, 15) is 0 Å². The molecular weight excluding hydrogens is 276 g/mol. The van der Waals surface area contributed by atoms with E-state index in [0.717, 1.165) is 24.6 Å². The molecule has 0 radical (unpaired) electrons. The third-order valence-corrected chi connectivity index (χ3v) is 3.56. The molecule has 2 rings (SSSR count). The molecule has 0 amide bonds. The van der Waals surface area contributed by atoms with Crippen molar-refractivity contribution >= 4 is 11.6 Å². The molecule has 6 nitrogen and oxygen atoms in total. The Morgan fingerprint density at radius 2 is 2.20 bits per heavy atom. The first-order valence-corrected chi connectivity index (χ1v) is 6.92. The van der Waals surface area contributed by atoms with Crippen LogP contribution in [0.25, 0.3) is 0 Å². The number of hydrogen-bond acceptors (Lipinski definition) is 4. The summed E-state index contributed by atoms with van der Waals surface area (Å²) in [5.74, 6) is 0.918. The number of aromatic nitrogens is 4. The summed E-state index contributed by atoms with van der Waals surface area (Å²) < 4.78 is 3.93. The zero-order valence-electron chi connectivity index (χ0n) is 12.3. The van der Waals surface area contributed by atoms with Crippen molar-refractivity contribution < 1.29 is 0 Å². The SMILES string of the molecule is CNC(c1nccn1C)c1c(Cl)cnn1CCN(C)C. The number of hydrogen-bond donors (Lipinski definition) is 1. The summed E-state index contributed by atoms with van der Waals surface area (Å²) in [6.45, 7) is 1.69. The number of imidazole rings is 1. The van der Waals surface area contributed by atoms with Gasteiger partial charge in [-0.25, -0.2) is 4.98 Å². The first-order chi connectivity index (χ1) is 9.54. The van der Waals surface area contributed by atoms with Gasteiger partial charge in [-0.15, -0.1) is 0 Å². The van der Waals surface area contributed by atoms with Crippen LogP contribution < -0.4 is 5.32 Å². The number of likely N-dealkylation sites (N-methyl/N-ethyl adjacent to an activating group) is 1. The van der Waals surface area contributed by atoms with Gasteiger partial charge in [-0.3, -0.25) is 4.68 Å². The molecule has 0 aliphatic rings. The molecule has 0 aliphatic heterocycles. The van der Waals surface area contributed by atoms with Gasteiger partial charge < -0.3 is 14.8 Å². The average Bonchev–Trinajstić information content (AvgIpc) is 2.97. The third kappa shape index (κ3) is 3.03. The normalized spacial score (nSPS) is 13.1. The second-order valence-electron chi connectivity index (χ2n) is 5.02.